The van der Waals surface area contributed by atoms with Crippen LogP contribution in [0, 0.1) is 5.92 Å². The van der Waals surface area contributed by atoms with Crippen molar-refractivity contribution < 1.29 is 23.7 Å². The molecule has 0 unspecified atom stereocenters. The molecule has 0 radical (unpaired) electrons. The third kappa shape index (κ3) is 3.51. The van der Waals surface area contributed by atoms with Gasteiger partial charge in [0, 0.05) is 5.92 Å². The fraction of sp³-hybridized carbons (Fsp3) is 1.00. The van der Waals surface area contributed by atoms with E-state index >= 15 is 0 Å². The normalized spacial score (nSPS) is 36.0. The molecule has 0 bridgehead atoms. The standard InChI is InChI=1S/C15H30O5Si/c1-14(2,3)21(6,7)17-9-11-10(8-16)12-13(18-11)20-15(4,5)19-12/h10-13,16H,8-9H2,1-7H3/t10-,11-,12-,13-/m1/s1. The summed E-state index contributed by atoms with van der Waals surface area (Å²) in [5.41, 5.74) is 0. The van der Waals surface area contributed by atoms with Gasteiger partial charge in [-0.25, -0.2) is 0 Å². The van der Waals surface area contributed by atoms with Crippen molar-refractivity contribution in [3.63, 3.8) is 0 Å². The molecule has 2 aliphatic heterocycles. The SMILES string of the molecule is CC1(C)O[C@H]2O[C@H](CO[Si](C)(C)C(C)(C)C)[C@@H](CO)[C@H]2O1. The maximum atomic E-state index is 9.68. The largest absolute Gasteiger partial charge is 0.414 e. The average Bonchev–Trinajstić information content (AvgIpc) is 2.76. The molecule has 0 aromatic rings. The zero-order chi connectivity index (χ0) is 16.1. The molecule has 0 aromatic heterocycles. The molecule has 124 valence electrons. The Kier molecular flexibility index (Phi) is 4.62. The zero-order valence-corrected chi connectivity index (χ0v) is 15.3. The molecule has 2 heterocycles. The summed E-state index contributed by atoms with van der Waals surface area (Å²) in [6.07, 6.45) is -0.779. The molecule has 0 aromatic carbocycles. The second-order valence-electron chi connectivity index (χ2n) is 8.06. The maximum Gasteiger partial charge on any atom is 0.192 e. The molecule has 2 saturated heterocycles. The van der Waals surface area contributed by atoms with Crippen LogP contribution in [0.3, 0.4) is 0 Å². The van der Waals surface area contributed by atoms with Crippen molar-refractivity contribution >= 4 is 8.32 Å². The molecule has 21 heavy (non-hydrogen) atoms. The van der Waals surface area contributed by atoms with Gasteiger partial charge < -0.3 is 23.7 Å². The van der Waals surface area contributed by atoms with Crippen molar-refractivity contribution in [1.82, 2.24) is 0 Å². The van der Waals surface area contributed by atoms with Crippen molar-refractivity contribution in [2.45, 2.75) is 77.0 Å². The average molecular weight is 318 g/mol. The van der Waals surface area contributed by atoms with E-state index < -0.39 is 20.4 Å². The second kappa shape index (κ2) is 5.58. The van der Waals surface area contributed by atoms with Crippen molar-refractivity contribution in [3.05, 3.63) is 0 Å². The first-order valence-corrected chi connectivity index (χ1v) is 10.6. The number of aliphatic hydroxyl groups excluding tert-OH is 1. The van der Waals surface area contributed by atoms with Crippen molar-refractivity contribution in [2.75, 3.05) is 13.2 Å². The lowest BCUT2D eigenvalue weighted by Crippen LogP contribution is -2.44. The molecule has 4 atom stereocenters. The van der Waals surface area contributed by atoms with Crippen molar-refractivity contribution in [1.29, 1.82) is 0 Å². The fourth-order valence-corrected chi connectivity index (χ4v) is 3.54. The van der Waals surface area contributed by atoms with Gasteiger partial charge in [-0.15, -0.1) is 0 Å². The maximum absolute atomic E-state index is 9.68. The highest BCUT2D eigenvalue weighted by Gasteiger charge is 2.54. The van der Waals surface area contributed by atoms with E-state index in [2.05, 4.69) is 33.9 Å². The summed E-state index contributed by atoms with van der Waals surface area (Å²) in [5.74, 6) is -0.741. The smallest absolute Gasteiger partial charge is 0.192 e. The summed E-state index contributed by atoms with van der Waals surface area (Å²) >= 11 is 0. The minimum absolute atomic E-state index is 0.0200. The highest BCUT2D eigenvalue weighted by molar-refractivity contribution is 6.74. The van der Waals surface area contributed by atoms with Gasteiger partial charge in [-0.2, -0.15) is 0 Å². The van der Waals surface area contributed by atoms with E-state index in [0.29, 0.717) is 6.61 Å². The summed E-state index contributed by atoms with van der Waals surface area (Å²) in [5, 5.41) is 9.84. The molecule has 0 saturated carbocycles. The number of rotatable bonds is 4. The van der Waals surface area contributed by atoms with E-state index in [1.807, 2.05) is 13.8 Å². The van der Waals surface area contributed by atoms with Gasteiger partial charge in [0.05, 0.1) is 19.3 Å². The Morgan fingerprint density at radius 3 is 2.33 bits per heavy atom. The van der Waals surface area contributed by atoms with Crippen molar-refractivity contribution in [3.8, 4) is 0 Å². The molecule has 0 aliphatic carbocycles. The summed E-state index contributed by atoms with van der Waals surface area (Å²) in [4.78, 5) is 0. The number of fused-ring (bicyclic) bond motifs is 1. The Hall–Kier alpha value is 0.0169. The van der Waals surface area contributed by atoms with Crippen LogP contribution in [0.5, 0.6) is 0 Å². The lowest BCUT2D eigenvalue weighted by atomic mass is 10.0. The molecule has 1 N–H and O–H groups in total. The predicted molar refractivity (Wildman–Crippen MR) is 82.4 cm³/mol. The first kappa shape index (κ1) is 17.4. The van der Waals surface area contributed by atoms with Gasteiger partial charge in [-0.05, 0) is 32.0 Å². The first-order chi connectivity index (χ1) is 9.47. The minimum atomic E-state index is -1.82. The van der Waals surface area contributed by atoms with Crippen LogP contribution in [0.4, 0.5) is 0 Å². The Bertz CT molecular complexity index is 377. The summed E-state index contributed by atoms with van der Waals surface area (Å²) in [6.45, 7) is 15.3. The van der Waals surface area contributed by atoms with E-state index in [1.165, 1.54) is 0 Å². The minimum Gasteiger partial charge on any atom is -0.414 e. The molecule has 0 spiro atoms. The van der Waals surface area contributed by atoms with E-state index in [1.54, 1.807) is 0 Å². The molecular formula is C15H30O5Si. The Morgan fingerprint density at radius 1 is 1.19 bits per heavy atom. The van der Waals surface area contributed by atoms with E-state index in [9.17, 15) is 5.11 Å². The zero-order valence-electron chi connectivity index (χ0n) is 14.3. The summed E-state index contributed by atoms with van der Waals surface area (Å²) in [6, 6.07) is 0. The lowest BCUT2D eigenvalue weighted by Gasteiger charge is -2.37. The molecule has 0 amide bonds. The third-order valence-electron chi connectivity index (χ3n) is 4.92. The van der Waals surface area contributed by atoms with Crippen LogP contribution in [0.25, 0.3) is 0 Å². The van der Waals surface area contributed by atoms with Crippen LogP contribution in [-0.4, -0.2) is 50.9 Å². The van der Waals surface area contributed by atoms with Gasteiger partial charge in [0.15, 0.2) is 20.4 Å². The van der Waals surface area contributed by atoms with Gasteiger partial charge >= 0.3 is 0 Å². The highest BCUT2D eigenvalue weighted by atomic mass is 28.4. The van der Waals surface area contributed by atoms with E-state index in [0.717, 1.165) is 0 Å². The topological polar surface area (TPSA) is 57.2 Å². The summed E-state index contributed by atoms with van der Waals surface area (Å²) in [7, 11) is -1.82. The predicted octanol–water partition coefficient (Wildman–Crippen LogP) is 2.49. The van der Waals surface area contributed by atoms with Crippen LogP contribution < -0.4 is 0 Å². The van der Waals surface area contributed by atoms with Crippen molar-refractivity contribution in [2.24, 2.45) is 5.92 Å². The molecule has 5 nitrogen and oxygen atoms in total. The molecule has 2 aliphatic rings. The Balaban J connectivity index is 1.97. The summed E-state index contributed by atoms with van der Waals surface area (Å²) < 4.78 is 23.7. The van der Waals surface area contributed by atoms with Crippen LogP contribution >= 0.6 is 0 Å². The van der Waals surface area contributed by atoms with Crippen LogP contribution in [0.15, 0.2) is 0 Å². The van der Waals surface area contributed by atoms with Gasteiger partial charge in [0.25, 0.3) is 0 Å². The third-order valence-corrected chi connectivity index (χ3v) is 9.42. The van der Waals surface area contributed by atoms with Crippen LogP contribution in [-0.2, 0) is 18.6 Å². The number of aliphatic hydroxyl groups is 1. The Morgan fingerprint density at radius 2 is 1.81 bits per heavy atom. The van der Waals surface area contributed by atoms with E-state index in [4.69, 9.17) is 18.6 Å². The van der Waals surface area contributed by atoms with Gasteiger partial charge in [0.2, 0.25) is 0 Å². The Labute approximate surface area is 129 Å². The molecule has 2 rings (SSSR count). The van der Waals surface area contributed by atoms with Crippen LogP contribution in [0.2, 0.25) is 18.1 Å². The fourth-order valence-electron chi connectivity index (χ4n) is 2.53. The first-order valence-electron chi connectivity index (χ1n) is 7.73. The second-order valence-corrected chi connectivity index (χ2v) is 12.9. The number of hydrogen-bond acceptors (Lipinski definition) is 5. The lowest BCUT2D eigenvalue weighted by molar-refractivity contribution is -0.214. The molecule has 6 heteroatoms. The molecular weight excluding hydrogens is 288 g/mol. The number of hydrogen-bond donors (Lipinski definition) is 1. The monoisotopic (exact) mass is 318 g/mol. The van der Waals surface area contributed by atoms with E-state index in [-0.39, 0.29) is 29.8 Å². The molecule has 2 fully saturated rings. The van der Waals surface area contributed by atoms with Gasteiger partial charge in [-0.1, -0.05) is 20.8 Å². The quantitative estimate of drug-likeness (QED) is 0.807. The van der Waals surface area contributed by atoms with Gasteiger partial charge in [0.1, 0.15) is 6.10 Å². The van der Waals surface area contributed by atoms with Gasteiger partial charge in [-0.3, -0.25) is 0 Å². The highest BCUT2D eigenvalue weighted by Crippen LogP contribution is 2.42. The van der Waals surface area contributed by atoms with Crippen LogP contribution in [0.1, 0.15) is 34.6 Å². The number of ether oxygens (including phenoxy) is 3.